The molecule has 2 heterocycles. The lowest BCUT2D eigenvalue weighted by Crippen LogP contribution is -2.52. The predicted molar refractivity (Wildman–Crippen MR) is 117 cm³/mol. The molecule has 3 rings (SSSR count). The lowest BCUT2D eigenvalue weighted by atomic mass is 10.1. The summed E-state index contributed by atoms with van der Waals surface area (Å²) in [7, 11) is 0. The van der Waals surface area contributed by atoms with Crippen LogP contribution >= 0.6 is 0 Å². The molecular formula is C23H36N4O3. The fourth-order valence-corrected chi connectivity index (χ4v) is 4.07. The maximum Gasteiger partial charge on any atom is 0.410 e. The highest BCUT2D eigenvalue weighted by molar-refractivity contribution is 5.82. The number of benzene rings is 1. The lowest BCUT2D eigenvalue weighted by Gasteiger charge is -2.35. The number of amides is 2. The summed E-state index contributed by atoms with van der Waals surface area (Å²) in [6, 6.07) is 10.3. The van der Waals surface area contributed by atoms with Gasteiger partial charge in [0.15, 0.2) is 0 Å². The van der Waals surface area contributed by atoms with Crippen molar-refractivity contribution in [3.05, 3.63) is 35.9 Å². The molecule has 1 unspecified atom stereocenters. The average Bonchev–Trinajstić information content (AvgIpc) is 3.16. The van der Waals surface area contributed by atoms with Gasteiger partial charge in [-0.25, -0.2) is 4.79 Å². The Kier molecular flexibility index (Phi) is 7.72. The first-order valence-corrected chi connectivity index (χ1v) is 11.1. The quantitative estimate of drug-likeness (QED) is 0.771. The topological polar surface area (TPSA) is 65.1 Å². The van der Waals surface area contributed by atoms with Gasteiger partial charge in [0, 0.05) is 45.8 Å². The number of likely N-dealkylation sites (tertiary alicyclic amines) is 1. The molecule has 7 nitrogen and oxygen atoms in total. The van der Waals surface area contributed by atoms with Crippen molar-refractivity contribution in [1.29, 1.82) is 0 Å². The zero-order valence-corrected chi connectivity index (χ0v) is 18.6. The Labute approximate surface area is 180 Å². The Morgan fingerprint density at radius 1 is 1.07 bits per heavy atom. The van der Waals surface area contributed by atoms with E-state index in [-0.39, 0.29) is 18.0 Å². The first kappa shape index (κ1) is 22.6. The zero-order chi connectivity index (χ0) is 21.6. The molecule has 1 atom stereocenters. The van der Waals surface area contributed by atoms with Gasteiger partial charge in [0.05, 0.1) is 6.04 Å². The van der Waals surface area contributed by atoms with Gasteiger partial charge in [0.25, 0.3) is 0 Å². The van der Waals surface area contributed by atoms with Crippen molar-refractivity contribution in [3.63, 3.8) is 0 Å². The molecule has 2 aliphatic rings. The van der Waals surface area contributed by atoms with Crippen LogP contribution in [0.3, 0.4) is 0 Å². The van der Waals surface area contributed by atoms with Crippen molar-refractivity contribution < 1.29 is 14.3 Å². The Hall–Kier alpha value is -2.12. The number of hydrogen-bond donors (Lipinski definition) is 1. The van der Waals surface area contributed by atoms with Gasteiger partial charge in [-0.1, -0.05) is 30.3 Å². The highest BCUT2D eigenvalue weighted by Crippen LogP contribution is 2.20. The van der Waals surface area contributed by atoms with Gasteiger partial charge in [0.2, 0.25) is 5.91 Å². The predicted octanol–water partition coefficient (Wildman–Crippen LogP) is 2.32. The second kappa shape index (κ2) is 10.3. The van der Waals surface area contributed by atoms with Crippen LogP contribution in [-0.4, -0.2) is 84.2 Å². The van der Waals surface area contributed by atoms with E-state index in [0.29, 0.717) is 19.6 Å². The summed E-state index contributed by atoms with van der Waals surface area (Å²) in [5.41, 5.74) is 0.785. The summed E-state index contributed by atoms with van der Waals surface area (Å²) in [6.45, 7) is 11.8. The summed E-state index contributed by atoms with van der Waals surface area (Å²) < 4.78 is 5.44. The molecule has 0 radical (unpaired) electrons. The maximum absolute atomic E-state index is 12.7. The number of carbonyl (C=O) groups is 2. The van der Waals surface area contributed by atoms with E-state index in [1.54, 1.807) is 4.90 Å². The van der Waals surface area contributed by atoms with E-state index >= 15 is 0 Å². The fourth-order valence-electron chi connectivity index (χ4n) is 4.07. The Morgan fingerprint density at radius 3 is 2.43 bits per heavy atom. The minimum atomic E-state index is -0.465. The molecule has 2 aliphatic heterocycles. The number of nitrogens with one attached hydrogen (secondary N) is 1. The van der Waals surface area contributed by atoms with Crippen molar-refractivity contribution in [2.45, 2.75) is 51.8 Å². The van der Waals surface area contributed by atoms with Gasteiger partial charge in [-0.05, 0) is 45.7 Å². The van der Waals surface area contributed by atoms with Crippen LogP contribution in [0.2, 0.25) is 0 Å². The monoisotopic (exact) mass is 416 g/mol. The summed E-state index contributed by atoms with van der Waals surface area (Å²) >= 11 is 0. The van der Waals surface area contributed by atoms with Crippen LogP contribution in [0.25, 0.3) is 0 Å². The van der Waals surface area contributed by atoms with Crippen LogP contribution in [0.1, 0.15) is 39.2 Å². The maximum atomic E-state index is 12.7. The van der Waals surface area contributed by atoms with E-state index in [0.717, 1.165) is 45.6 Å². The third-order valence-corrected chi connectivity index (χ3v) is 5.65. The fraction of sp³-hybridized carbons (Fsp3) is 0.652. The second-order valence-electron chi connectivity index (χ2n) is 9.21. The number of ether oxygens (including phenoxy) is 1. The van der Waals surface area contributed by atoms with E-state index in [9.17, 15) is 9.59 Å². The Bertz CT molecular complexity index is 696. The molecule has 30 heavy (non-hydrogen) atoms. The van der Waals surface area contributed by atoms with Gasteiger partial charge >= 0.3 is 6.09 Å². The molecule has 2 saturated heterocycles. The Balaban J connectivity index is 1.36. The molecule has 0 saturated carbocycles. The molecular weight excluding hydrogens is 380 g/mol. The summed E-state index contributed by atoms with van der Waals surface area (Å²) in [4.78, 5) is 31.2. The van der Waals surface area contributed by atoms with Crippen molar-refractivity contribution in [1.82, 2.24) is 20.0 Å². The van der Waals surface area contributed by atoms with Gasteiger partial charge in [-0.15, -0.1) is 0 Å². The molecule has 0 aromatic heterocycles. The zero-order valence-electron chi connectivity index (χ0n) is 18.6. The van der Waals surface area contributed by atoms with E-state index < -0.39 is 5.60 Å². The van der Waals surface area contributed by atoms with Crippen LogP contribution in [0, 0.1) is 0 Å². The van der Waals surface area contributed by atoms with Crippen LogP contribution in [0.15, 0.2) is 30.3 Å². The number of nitrogens with zero attached hydrogens (tertiary/aromatic N) is 3. The summed E-state index contributed by atoms with van der Waals surface area (Å²) in [5.74, 6) is 0.135. The molecule has 0 aliphatic carbocycles. The standard InChI is InChI=1S/C23H36N4O3/c1-23(2,3)30-22(29)26-16-14-25(15-17-26)13-11-24-21(28)20-10-7-12-27(20)18-19-8-5-4-6-9-19/h4-6,8-9,20H,7,10-18H2,1-3H3,(H,24,28). The normalized spacial score (nSPS) is 20.9. The number of carbonyl (C=O) groups excluding carboxylic acids is 2. The highest BCUT2D eigenvalue weighted by atomic mass is 16.6. The van der Waals surface area contributed by atoms with E-state index in [1.807, 2.05) is 39.0 Å². The number of piperazine rings is 1. The first-order valence-electron chi connectivity index (χ1n) is 11.1. The highest BCUT2D eigenvalue weighted by Gasteiger charge is 2.30. The summed E-state index contributed by atoms with van der Waals surface area (Å²) in [5, 5.41) is 3.13. The molecule has 2 fully saturated rings. The van der Waals surface area contributed by atoms with E-state index in [1.165, 1.54) is 5.56 Å². The minimum absolute atomic E-state index is 0.0331. The van der Waals surface area contributed by atoms with Crippen LogP contribution in [0.5, 0.6) is 0 Å². The largest absolute Gasteiger partial charge is 0.444 e. The van der Waals surface area contributed by atoms with E-state index in [2.05, 4.69) is 27.2 Å². The van der Waals surface area contributed by atoms with Gasteiger partial charge in [-0.2, -0.15) is 0 Å². The lowest BCUT2D eigenvalue weighted by molar-refractivity contribution is -0.125. The molecule has 7 heteroatoms. The molecule has 0 spiro atoms. The number of hydrogen-bond acceptors (Lipinski definition) is 5. The minimum Gasteiger partial charge on any atom is -0.444 e. The van der Waals surface area contributed by atoms with Crippen molar-refractivity contribution in [2.24, 2.45) is 0 Å². The third-order valence-electron chi connectivity index (χ3n) is 5.65. The van der Waals surface area contributed by atoms with Crippen LogP contribution in [0.4, 0.5) is 4.79 Å². The molecule has 1 aromatic carbocycles. The summed E-state index contributed by atoms with van der Waals surface area (Å²) in [6.07, 6.45) is 1.75. The van der Waals surface area contributed by atoms with Gasteiger partial charge in [0.1, 0.15) is 5.60 Å². The SMILES string of the molecule is CC(C)(C)OC(=O)N1CCN(CCNC(=O)C2CCCN2Cc2ccccc2)CC1. The van der Waals surface area contributed by atoms with E-state index in [4.69, 9.17) is 4.74 Å². The molecule has 166 valence electrons. The van der Waals surface area contributed by atoms with Gasteiger partial charge < -0.3 is 15.0 Å². The molecule has 1 N–H and O–H groups in total. The Morgan fingerprint density at radius 2 is 1.77 bits per heavy atom. The molecule has 2 amide bonds. The van der Waals surface area contributed by atoms with Crippen molar-refractivity contribution in [2.75, 3.05) is 45.8 Å². The second-order valence-corrected chi connectivity index (χ2v) is 9.21. The van der Waals surface area contributed by atoms with Crippen molar-refractivity contribution in [3.8, 4) is 0 Å². The first-order chi connectivity index (χ1) is 14.3. The van der Waals surface area contributed by atoms with Gasteiger partial charge in [-0.3, -0.25) is 14.6 Å². The van der Waals surface area contributed by atoms with Crippen LogP contribution < -0.4 is 5.32 Å². The molecule has 1 aromatic rings. The smallest absolute Gasteiger partial charge is 0.410 e. The van der Waals surface area contributed by atoms with Crippen LogP contribution in [-0.2, 0) is 16.1 Å². The van der Waals surface area contributed by atoms with Crippen molar-refractivity contribution >= 4 is 12.0 Å². The third kappa shape index (κ3) is 6.71. The molecule has 0 bridgehead atoms. The number of rotatable bonds is 6. The average molecular weight is 417 g/mol.